The molecule has 0 saturated carbocycles. The van der Waals surface area contributed by atoms with E-state index in [-0.39, 0.29) is 0 Å². The van der Waals surface area contributed by atoms with Gasteiger partial charge in [0.05, 0.1) is 36.8 Å². The lowest BCUT2D eigenvalue weighted by Crippen LogP contribution is -2.05. The molecule has 7 aromatic rings. The van der Waals surface area contributed by atoms with E-state index in [9.17, 15) is 0 Å². The van der Waals surface area contributed by atoms with Crippen molar-refractivity contribution in [3.63, 3.8) is 0 Å². The van der Waals surface area contributed by atoms with Crippen molar-refractivity contribution >= 4 is 73.4 Å². The molecule has 0 saturated heterocycles. The van der Waals surface area contributed by atoms with Crippen LogP contribution in [0.5, 0.6) is 11.5 Å². The molecule has 1 aromatic heterocycles. The standard InChI is InChI=1S/C47H38N4O2/c1-4-29(27-50-40-11-5-8-30-9-6-22-48-45(30)40)32-14-18-38-34(24-32)16-20-41(52-2)43(38)44-39-19-15-33(25-35(39)17-21-42(44)53-3)37-26-36-13-12-31-10-7-23-49-46(31)47(36)51-28-37/h4-21,24-28,48-49H,22-23H2,1-3H3/b29-4+,50-27?. The van der Waals surface area contributed by atoms with Crippen LogP contribution in [-0.2, 0) is 0 Å². The number of nitrogens with zero attached hydrogens (tertiary/aromatic N) is 2. The summed E-state index contributed by atoms with van der Waals surface area (Å²) in [6.07, 6.45) is 14.6. The molecule has 6 nitrogen and oxygen atoms in total. The van der Waals surface area contributed by atoms with Gasteiger partial charge in [-0.1, -0.05) is 91.0 Å². The van der Waals surface area contributed by atoms with Crippen molar-refractivity contribution in [3.05, 3.63) is 138 Å². The summed E-state index contributed by atoms with van der Waals surface area (Å²) in [5, 5.41) is 12.4. The van der Waals surface area contributed by atoms with Gasteiger partial charge in [0.1, 0.15) is 11.5 Å². The summed E-state index contributed by atoms with van der Waals surface area (Å²) in [6.45, 7) is 3.67. The van der Waals surface area contributed by atoms with Gasteiger partial charge in [-0.25, -0.2) is 0 Å². The first-order chi connectivity index (χ1) is 26.1. The van der Waals surface area contributed by atoms with Gasteiger partial charge in [-0.15, -0.1) is 0 Å². The van der Waals surface area contributed by atoms with E-state index in [1.807, 2.05) is 18.5 Å². The molecule has 0 fully saturated rings. The lowest BCUT2D eigenvalue weighted by Gasteiger charge is -2.19. The second kappa shape index (κ2) is 13.5. The van der Waals surface area contributed by atoms with Crippen LogP contribution in [0.1, 0.15) is 23.6 Å². The highest BCUT2D eigenvalue weighted by Gasteiger charge is 2.20. The zero-order chi connectivity index (χ0) is 35.9. The molecule has 0 unspecified atom stereocenters. The number of rotatable bonds is 7. The Bertz CT molecular complexity index is 2720. The molecule has 0 aliphatic carbocycles. The third-order valence-electron chi connectivity index (χ3n) is 10.3. The summed E-state index contributed by atoms with van der Waals surface area (Å²) in [7, 11) is 3.46. The Balaban J connectivity index is 1.12. The van der Waals surface area contributed by atoms with E-state index in [1.165, 1.54) is 5.56 Å². The van der Waals surface area contributed by atoms with Crippen LogP contribution in [0.4, 0.5) is 17.1 Å². The van der Waals surface area contributed by atoms with Crippen LogP contribution >= 0.6 is 0 Å². The number of benzene rings is 6. The summed E-state index contributed by atoms with van der Waals surface area (Å²) in [5.41, 5.74) is 12.7. The van der Waals surface area contributed by atoms with E-state index < -0.39 is 0 Å². The smallest absolute Gasteiger partial charge is 0.127 e. The molecule has 0 atom stereocenters. The monoisotopic (exact) mass is 690 g/mol. The molecule has 0 spiro atoms. The van der Waals surface area contributed by atoms with Crippen LogP contribution in [0, 0.1) is 0 Å². The Morgan fingerprint density at radius 2 is 1.34 bits per heavy atom. The molecular formula is C47H38N4O2. The molecule has 0 radical (unpaired) electrons. The number of nitrogens with one attached hydrogen (secondary N) is 2. The van der Waals surface area contributed by atoms with Crippen molar-refractivity contribution in [3.8, 4) is 33.8 Å². The lowest BCUT2D eigenvalue weighted by atomic mass is 9.90. The molecule has 6 heteroatoms. The number of aromatic nitrogens is 1. The Hall–Kier alpha value is -6.66. The zero-order valence-electron chi connectivity index (χ0n) is 29.9. The summed E-state index contributed by atoms with van der Waals surface area (Å²) >= 11 is 0. The second-order valence-electron chi connectivity index (χ2n) is 13.3. The topological polar surface area (TPSA) is 67.8 Å². The van der Waals surface area contributed by atoms with E-state index >= 15 is 0 Å². The van der Waals surface area contributed by atoms with E-state index in [4.69, 9.17) is 19.5 Å². The van der Waals surface area contributed by atoms with Crippen LogP contribution in [0.3, 0.4) is 0 Å². The van der Waals surface area contributed by atoms with Crippen molar-refractivity contribution in [1.82, 2.24) is 4.98 Å². The van der Waals surface area contributed by atoms with Gasteiger partial charge in [-0.3, -0.25) is 9.98 Å². The van der Waals surface area contributed by atoms with Crippen molar-refractivity contribution < 1.29 is 9.47 Å². The van der Waals surface area contributed by atoms with Crippen molar-refractivity contribution in [2.75, 3.05) is 37.9 Å². The molecule has 9 rings (SSSR count). The molecule has 0 amide bonds. The van der Waals surface area contributed by atoms with Gasteiger partial charge >= 0.3 is 0 Å². The molecule has 3 heterocycles. The normalized spacial score (nSPS) is 13.6. The maximum absolute atomic E-state index is 6.05. The second-order valence-corrected chi connectivity index (χ2v) is 13.3. The number of hydrogen-bond acceptors (Lipinski definition) is 6. The highest BCUT2D eigenvalue weighted by Crippen LogP contribution is 2.46. The lowest BCUT2D eigenvalue weighted by molar-refractivity contribution is 0.411. The van der Waals surface area contributed by atoms with Crippen LogP contribution in [-0.4, -0.2) is 38.5 Å². The van der Waals surface area contributed by atoms with Crippen molar-refractivity contribution in [2.45, 2.75) is 6.92 Å². The number of methoxy groups -OCH3 is 2. The number of pyridine rings is 1. The Morgan fingerprint density at radius 3 is 2.08 bits per heavy atom. The summed E-state index contributed by atoms with van der Waals surface area (Å²) in [4.78, 5) is 9.84. The largest absolute Gasteiger partial charge is 0.496 e. The van der Waals surface area contributed by atoms with E-state index in [2.05, 4.69) is 139 Å². The quantitative estimate of drug-likeness (QED) is 0.163. The maximum Gasteiger partial charge on any atom is 0.127 e. The summed E-state index contributed by atoms with van der Waals surface area (Å²) in [5.74, 6) is 1.57. The molecule has 2 N–H and O–H groups in total. The first kappa shape index (κ1) is 32.3. The van der Waals surface area contributed by atoms with E-state index in [0.29, 0.717) is 0 Å². The number of aliphatic imine (C=N–C) groups is 1. The van der Waals surface area contributed by atoms with Gasteiger partial charge < -0.3 is 20.1 Å². The van der Waals surface area contributed by atoms with Crippen LogP contribution in [0.15, 0.2) is 126 Å². The van der Waals surface area contributed by atoms with Crippen molar-refractivity contribution in [1.29, 1.82) is 0 Å². The number of hydrogen-bond donors (Lipinski definition) is 2. The predicted molar refractivity (Wildman–Crippen MR) is 224 cm³/mol. The van der Waals surface area contributed by atoms with E-state index in [1.54, 1.807) is 14.2 Å². The number of ether oxygens (including phenoxy) is 2. The van der Waals surface area contributed by atoms with Crippen LogP contribution < -0.4 is 20.1 Å². The molecule has 2 aliphatic heterocycles. The fourth-order valence-corrected chi connectivity index (χ4v) is 7.68. The molecule has 2 aliphatic rings. The predicted octanol–water partition coefficient (Wildman–Crippen LogP) is 11.6. The van der Waals surface area contributed by atoms with Crippen molar-refractivity contribution in [2.24, 2.45) is 4.99 Å². The number of anilines is 2. The average Bonchev–Trinajstić information content (AvgIpc) is 3.22. The molecule has 0 bridgehead atoms. The third kappa shape index (κ3) is 5.69. The molecular weight excluding hydrogens is 653 g/mol. The minimum absolute atomic E-state index is 0.786. The van der Waals surface area contributed by atoms with Gasteiger partial charge in [-0.05, 0) is 92.7 Å². The Labute approximate surface area is 308 Å². The molecule has 6 aromatic carbocycles. The van der Waals surface area contributed by atoms with Gasteiger partial charge in [0.2, 0.25) is 0 Å². The minimum atomic E-state index is 0.786. The van der Waals surface area contributed by atoms with E-state index in [0.717, 1.165) is 113 Å². The maximum atomic E-state index is 6.05. The first-order valence-corrected chi connectivity index (χ1v) is 17.9. The van der Waals surface area contributed by atoms with Gasteiger partial charge in [-0.2, -0.15) is 0 Å². The SMILES string of the molecule is C/C=C(\C=Nc1cccc2c1NCC=C2)c1ccc2c(-c3c(OC)ccc4cc(-c5cnc6c7c(ccc6c5)C=CCN7)ccc34)c(OC)ccc2c1. The van der Waals surface area contributed by atoms with Gasteiger partial charge in [0.25, 0.3) is 0 Å². The first-order valence-electron chi connectivity index (χ1n) is 17.9. The minimum Gasteiger partial charge on any atom is -0.496 e. The molecule has 53 heavy (non-hydrogen) atoms. The highest BCUT2D eigenvalue weighted by atomic mass is 16.5. The zero-order valence-corrected chi connectivity index (χ0v) is 29.9. The van der Waals surface area contributed by atoms with Gasteiger partial charge in [0, 0.05) is 47.6 Å². The van der Waals surface area contributed by atoms with Gasteiger partial charge in [0.15, 0.2) is 0 Å². The highest BCUT2D eigenvalue weighted by molar-refractivity contribution is 6.14. The summed E-state index contributed by atoms with van der Waals surface area (Å²) in [6, 6.07) is 34.3. The molecule has 258 valence electrons. The van der Waals surface area contributed by atoms with Crippen LogP contribution in [0.2, 0.25) is 0 Å². The number of fused-ring (bicyclic) bond motifs is 6. The number of allylic oxidation sites excluding steroid dienone is 2. The third-order valence-corrected chi connectivity index (χ3v) is 10.3. The number of para-hydroxylation sites is 1. The average molecular weight is 691 g/mol. The fraction of sp³-hybridized carbons (Fsp3) is 0.106. The fourth-order valence-electron chi connectivity index (χ4n) is 7.68. The Morgan fingerprint density at radius 1 is 0.679 bits per heavy atom. The Kier molecular flexibility index (Phi) is 8.20. The van der Waals surface area contributed by atoms with Crippen LogP contribution in [0.25, 0.3) is 72.4 Å². The summed E-state index contributed by atoms with van der Waals surface area (Å²) < 4.78 is 12.1.